The highest BCUT2D eigenvalue weighted by Crippen LogP contribution is 2.16. The van der Waals surface area contributed by atoms with Crippen molar-refractivity contribution in [3.05, 3.63) is 57.5 Å². The number of ether oxygens (including phenoxy) is 2. The fourth-order valence-corrected chi connectivity index (χ4v) is 3.07. The van der Waals surface area contributed by atoms with E-state index >= 15 is 0 Å². The predicted molar refractivity (Wildman–Crippen MR) is 106 cm³/mol. The van der Waals surface area contributed by atoms with Crippen molar-refractivity contribution in [1.82, 2.24) is 14.7 Å². The third-order valence-electron chi connectivity index (χ3n) is 4.55. The molecule has 1 aromatic carbocycles. The van der Waals surface area contributed by atoms with E-state index in [0.29, 0.717) is 35.5 Å². The van der Waals surface area contributed by atoms with Crippen LogP contribution in [-0.2, 0) is 33.8 Å². The quantitative estimate of drug-likeness (QED) is 0.730. The van der Waals surface area contributed by atoms with E-state index in [0.717, 1.165) is 4.68 Å². The molecule has 30 heavy (non-hydrogen) atoms. The number of carbonyl (C=O) groups excluding carboxylic acids is 3. The third-order valence-corrected chi connectivity index (χ3v) is 4.55. The van der Waals surface area contributed by atoms with Crippen molar-refractivity contribution in [1.29, 1.82) is 0 Å². The molecule has 0 unspecified atom stereocenters. The normalized spacial score (nSPS) is 12.7. The summed E-state index contributed by atoms with van der Waals surface area (Å²) in [4.78, 5) is 49.5. The van der Waals surface area contributed by atoms with E-state index in [1.807, 2.05) is 0 Å². The van der Waals surface area contributed by atoms with Gasteiger partial charge in [-0.05, 0) is 31.2 Å². The van der Waals surface area contributed by atoms with Gasteiger partial charge in [-0.25, -0.2) is 14.3 Å². The average Bonchev–Trinajstić information content (AvgIpc) is 2.74. The zero-order valence-electron chi connectivity index (χ0n) is 16.7. The highest BCUT2D eigenvalue weighted by molar-refractivity contribution is 5.92. The van der Waals surface area contributed by atoms with E-state index in [9.17, 15) is 19.2 Å². The Morgan fingerprint density at radius 1 is 1.20 bits per heavy atom. The van der Waals surface area contributed by atoms with Crippen LogP contribution in [0.25, 0.3) is 0 Å². The fraction of sp³-hybridized carbons (Fsp3) is 0.350. The molecule has 0 aliphatic carbocycles. The van der Waals surface area contributed by atoms with E-state index in [-0.39, 0.29) is 19.7 Å². The van der Waals surface area contributed by atoms with Crippen LogP contribution in [0.1, 0.15) is 28.5 Å². The van der Waals surface area contributed by atoms with Crippen LogP contribution in [0.2, 0.25) is 0 Å². The smallest absolute Gasteiger partial charge is 0.410 e. The summed E-state index contributed by atoms with van der Waals surface area (Å²) in [6, 6.07) is 7.58. The summed E-state index contributed by atoms with van der Waals surface area (Å²) in [6.45, 7) is 2.43. The van der Waals surface area contributed by atoms with Crippen LogP contribution in [0.5, 0.6) is 0 Å². The second-order valence-corrected chi connectivity index (χ2v) is 6.60. The molecule has 158 valence electrons. The first-order valence-electron chi connectivity index (χ1n) is 9.41. The van der Waals surface area contributed by atoms with Crippen molar-refractivity contribution >= 4 is 23.7 Å². The molecule has 2 heterocycles. The number of benzene rings is 1. The van der Waals surface area contributed by atoms with Gasteiger partial charge in [-0.15, -0.1) is 0 Å². The molecular formula is C20H22N4O6. The number of nitrogens with one attached hydrogen (secondary N) is 1. The lowest BCUT2D eigenvalue weighted by Crippen LogP contribution is -2.39. The molecule has 1 aliphatic heterocycles. The van der Waals surface area contributed by atoms with Gasteiger partial charge in [0.15, 0.2) is 0 Å². The summed E-state index contributed by atoms with van der Waals surface area (Å²) in [6.07, 6.45) is 0.0373. The molecule has 1 aromatic heterocycles. The number of esters is 1. The Morgan fingerprint density at radius 3 is 2.60 bits per heavy atom. The van der Waals surface area contributed by atoms with Crippen molar-refractivity contribution in [2.75, 3.05) is 25.6 Å². The Morgan fingerprint density at radius 2 is 1.93 bits per heavy atom. The standard InChI is InChI=1S/C20H22N4O6/c1-3-30-20(28)23-9-8-16-14(11-23)10-18(26)24(22-16)12-17(25)21-15-6-4-13(5-7-15)19(27)29-2/h4-7,10H,3,8-9,11-12H2,1-2H3,(H,21,25). The SMILES string of the molecule is CCOC(=O)N1CCc2nn(CC(=O)Nc3ccc(C(=O)OC)cc3)c(=O)cc2C1. The van der Waals surface area contributed by atoms with Crippen LogP contribution < -0.4 is 10.9 Å². The van der Waals surface area contributed by atoms with Gasteiger partial charge in [-0.2, -0.15) is 5.10 Å². The molecule has 0 bridgehead atoms. The minimum Gasteiger partial charge on any atom is -0.465 e. The molecule has 0 saturated carbocycles. The highest BCUT2D eigenvalue weighted by Gasteiger charge is 2.24. The lowest BCUT2D eigenvalue weighted by Gasteiger charge is -2.27. The van der Waals surface area contributed by atoms with Crippen LogP contribution in [0.15, 0.2) is 35.1 Å². The Labute approximate surface area is 172 Å². The van der Waals surface area contributed by atoms with Gasteiger partial charge >= 0.3 is 12.1 Å². The third kappa shape index (κ3) is 4.83. The van der Waals surface area contributed by atoms with Crippen LogP contribution in [0.4, 0.5) is 10.5 Å². The zero-order valence-corrected chi connectivity index (χ0v) is 16.7. The van der Waals surface area contributed by atoms with Crippen LogP contribution in [0, 0.1) is 0 Å². The maximum Gasteiger partial charge on any atom is 0.410 e. The molecular weight excluding hydrogens is 392 g/mol. The van der Waals surface area contributed by atoms with E-state index in [4.69, 9.17) is 4.74 Å². The first-order valence-corrected chi connectivity index (χ1v) is 9.41. The number of anilines is 1. The van der Waals surface area contributed by atoms with E-state index in [1.165, 1.54) is 30.2 Å². The van der Waals surface area contributed by atoms with Gasteiger partial charge in [-0.3, -0.25) is 9.59 Å². The van der Waals surface area contributed by atoms with Crippen molar-refractivity contribution in [3.63, 3.8) is 0 Å². The van der Waals surface area contributed by atoms with Crippen molar-refractivity contribution in [3.8, 4) is 0 Å². The van der Waals surface area contributed by atoms with Gasteiger partial charge in [-0.1, -0.05) is 0 Å². The molecule has 1 N–H and O–H groups in total. The molecule has 2 aromatic rings. The minimum atomic E-state index is -0.473. The van der Waals surface area contributed by atoms with Gasteiger partial charge in [0.1, 0.15) is 6.54 Å². The number of amides is 2. The second-order valence-electron chi connectivity index (χ2n) is 6.60. The average molecular weight is 414 g/mol. The Hall–Kier alpha value is -3.69. The molecule has 0 radical (unpaired) electrons. The van der Waals surface area contributed by atoms with Gasteiger partial charge in [0.2, 0.25) is 5.91 Å². The maximum absolute atomic E-state index is 12.4. The highest BCUT2D eigenvalue weighted by atomic mass is 16.6. The maximum atomic E-state index is 12.4. The summed E-state index contributed by atoms with van der Waals surface area (Å²) in [5.74, 6) is -0.904. The molecule has 10 nitrogen and oxygen atoms in total. The Balaban J connectivity index is 1.66. The number of hydrogen-bond acceptors (Lipinski definition) is 7. The minimum absolute atomic E-state index is 0.246. The van der Waals surface area contributed by atoms with E-state index < -0.39 is 23.5 Å². The van der Waals surface area contributed by atoms with Crippen LogP contribution in [0.3, 0.4) is 0 Å². The molecule has 0 fully saturated rings. The molecule has 1 aliphatic rings. The second kappa shape index (κ2) is 9.21. The lowest BCUT2D eigenvalue weighted by atomic mass is 10.1. The molecule has 0 atom stereocenters. The van der Waals surface area contributed by atoms with Crippen molar-refractivity contribution < 1.29 is 23.9 Å². The number of nitrogens with zero attached hydrogens (tertiary/aromatic N) is 3. The largest absolute Gasteiger partial charge is 0.465 e. The summed E-state index contributed by atoms with van der Waals surface area (Å²) >= 11 is 0. The summed E-state index contributed by atoms with van der Waals surface area (Å²) in [7, 11) is 1.29. The summed E-state index contributed by atoms with van der Waals surface area (Å²) < 4.78 is 10.7. The van der Waals surface area contributed by atoms with Gasteiger partial charge < -0.3 is 19.7 Å². The number of fused-ring (bicyclic) bond motifs is 1. The van der Waals surface area contributed by atoms with Gasteiger partial charge in [0, 0.05) is 30.3 Å². The Kier molecular flexibility index (Phi) is 6.45. The molecule has 10 heteroatoms. The monoisotopic (exact) mass is 414 g/mol. The van der Waals surface area contributed by atoms with Gasteiger partial charge in [0.05, 0.1) is 31.5 Å². The Bertz CT molecular complexity index is 1010. The first kappa shape index (κ1) is 21.0. The lowest BCUT2D eigenvalue weighted by molar-refractivity contribution is -0.117. The van der Waals surface area contributed by atoms with E-state index in [1.54, 1.807) is 19.1 Å². The number of rotatable bonds is 5. The molecule has 2 amide bonds. The van der Waals surface area contributed by atoms with Crippen molar-refractivity contribution in [2.45, 2.75) is 26.4 Å². The zero-order chi connectivity index (χ0) is 21.7. The fourth-order valence-electron chi connectivity index (χ4n) is 3.07. The van der Waals surface area contributed by atoms with Crippen LogP contribution in [-0.4, -0.2) is 52.9 Å². The molecule has 0 saturated heterocycles. The number of methoxy groups -OCH3 is 1. The van der Waals surface area contributed by atoms with E-state index in [2.05, 4.69) is 15.2 Å². The molecule has 3 rings (SSSR count). The van der Waals surface area contributed by atoms with Crippen LogP contribution >= 0.6 is 0 Å². The van der Waals surface area contributed by atoms with Gasteiger partial charge in [0.25, 0.3) is 5.56 Å². The summed E-state index contributed by atoms with van der Waals surface area (Å²) in [5, 5.41) is 6.94. The number of aromatic nitrogens is 2. The first-order chi connectivity index (χ1) is 14.4. The number of hydrogen-bond donors (Lipinski definition) is 1. The summed E-state index contributed by atoms with van der Waals surface area (Å²) in [5.41, 5.74) is 1.72. The number of carbonyl (C=O) groups is 3. The van der Waals surface area contributed by atoms with Crippen molar-refractivity contribution in [2.24, 2.45) is 0 Å². The molecule has 0 spiro atoms. The topological polar surface area (TPSA) is 120 Å². The predicted octanol–water partition coefficient (Wildman–Crippen LogP) is 1.18.